The van der Waals surface area contributed by atoms with Crippen LogP contribution < -0.4 is 15.4 Å². The van der Waals surface area contributed by atoms with Gasteiger partial charge >= 0.3 is 6.03 Å². The molecule has 8 nitrogen and oxygen atoms in total. The van der Waals surface area contributed by atoms with Gasteiger partial charge in [-0.1, -0.05) is 43.1 Å². The Balaban J connectivity index is 1.59. The van der Waals surface area contributed by atoms with Gasteiger partial charge in [-0.05, 0) is 35.6 Å². The fraction of sp³-hybridized carbons (Fsp3) is 0.458. The lowest BCUT2D eigenvalue weighted by Gasteiger charge is -2.23. The molecule has 9 heteroatoms. The zero-order chi connectivity index (χ0) is 23.5. The van der Waals surface area contributed by atoms with Crippen LogP contribution >= 0.6 is 11.3 Å². The van der Waals surface area contributed by atoms with Crippen molar-refractivity contribution in [3.63, 3.8) is 0 Å². The molecule has 2 aromatic rings. The molecule has 1 aromatic heterocycles. The zero-order valence-corrected chi connectivity index (χ0v) is 20.0. The molecule has 178 valence electrons. The number of thiophene rings is 1. The Kier molecular flexibility index (Phi) is 9.56. The third-order valence-electron chi connectivity index (χ3n) is 5.38. The zero-order valence-electron chi connectivity index (χ0n) is 19.2. The van der Waals surface area contributed by atoms with E-state index in [0.717, 1.165) is 35.5 Å². The lowest BCUT2D eigenvalue weighted by molar-refractivity contribution is -0.124. The van der Waals surface area contributed by atoms with Crippen LogP contribution in [-0.2, 0) is 22.8 Å². The number of nitrogens with one attached hydrogen (secondary N) is 2. The molecule has 2 heterocycles. The molecule has 1 aliphatic heterocycles. The molecule has 0 aliphatic carbocycles. The maximum absolute atomic E-state index is 12.9. The standard InChI is InChI=1S/C24H32N4O4S/c1-3-4-5-12-25-24(30)28-16-19(27-32-17-18-8-10-20(31-2)11-9-18)14-22(28)23(29)26-15-21-7-6-13-33-21/h6-11,13,22H,3-5,12,14-17H2,1-2H3,(H,25,30)(H,26,29)/t22-/m0/s1. The Morgan fingerprint density at radius 3 is 2.70 bits per heavy atom. The number of methoxy groups -OCH3 is 1. The highest BCUT2D eigenvalue weighted by Crippen LogP contribution is 2.18. The molecule has 0 bridgehead atoms. The number of benzene rings is 1. The van der Waals surface area contributed by atoms with Crippen LogP contribution in [0.5, 0.6) is 5.75 Å². The average molecular weight is 473 g/mol. The van der Waals surface area contributed by atoms with Crippen molar-refractivity contribution in [1.29, 1.82) is 0 Å². The van der Waals surface area contributed by atoms with Gasteiger partial charge in [-0.15, -0.1) is 11.3 Å². The summed E-state index contributed by atoms with van der Waals surface area (Å²) in [6.07, 6.45) is 3.39. The molecular formula is C24H32N4O4S. The highest BCUT2D eigenvalue weighted by molar-refractivity contribution is 7.09. The lowest BCUT2D eigenvalue weighted by Crippen LogP contribution is -2.49. The summed E-state index contributed by atoms with van der Waals surface area (Å²) in [5.74, 6) is 0.588. The van der Waals surface area contributed by atoms with Crippen LogP contribution in [0.3, 0.4) is 0 Å². The van der Waals surface area contributed by atoms with E-state index >= 15 is 0 Å². The number of unbranched alkanes of at least 4 members (excludes halogenated alkanes) is 2. The first-order chi connectivity index (χ1) is 16.1. The lowest BCUT2D eigenvalue weighted by atomic mass is 10.2. The Morgan fingerprint density at radius 1 is 1.18 bits per heavy atom. The Morgan fingerprint density at radius 2 is 2.00 bits per heavy atom. The second-order valence-electron chi connectivity index (χ2n) is 7.86. The predicted octanol–water partition coefficient (Wildman–Crippen LogP) is 3.92. The molecule has 1 saturated heterocycles. The molecule has 0 radical (unpaired) electrons. The molecule has 0 unspecified atom stereocenters. The van der Waals surface area contributed by atoms with E-state index in [1.807, 2.05) is 41.8 Å². The molecule has 2 N–H and O–H groups in total. The number of likely N-dealkylation sites (tertiary alicyclic amines) is 1. The topological polar surface area (TPSA) is 92.3 Å². The molecule has 1 fully saturated rings. The van der Waals surface area contributed by atoms with Crippen LogP contribution in [0.15, 0.2) is 46.9 Å². The van der Waals surface area contributed by atoms with E-state index in [4.69, 9.17) is 9.57 Å². The van der Waals surface area contributed by atoms with Crippen molar-refractivity contribution < 1.29 is 19.2 Å². The van der Waals surface area contributed by atoms with Crippen LogP contribution in [0.2, 0.25) is 0 Å². The van der Waals surface area contributed by atoms with Gasteiger partial charge in [0.25, 0.3) is 0 Å². The van der Waals surface area contributed by atoms with Crippen LogP contribution in [0.1, 0.15) is 43.0 Å². The number of hydrogen-bond acceptors (Lipinski definition) is 6. The summed E-state index contributed by atoms with van der Waals surface area (Å²) >= 11 is 1.58. The summed E-state index contributed by atoms with van der Waals surface area (Å²) in [6, 6.07) is 10.6. The summed E-state index contributed by atoms with van der Waals surface area (Å²) in [7, 11) is 1.62. The van der Waals surface area contributed by atoms with Gasteiger partial charge in [-0.2, -0.15) is 0 Å². The van der Waals surface area contributed by atoms with Crippen molar-refractivity contribution in [3.8, 4) is 5.75 Å². The van der Waals surface area contributed by atoms with Gasteiger partial charge in [-0.25, -0.2) is 4.79 Å². The van der Waals surface area contributed by atoms with Crippen LogP contribution in [0, 0.1) is 0 Å². The highest BCUT2D eigenvalue weighted by atomic mass is 32.1. The fourth-order valence-electron chi connectivity index (χ4n) is 3.52. The number of ether oxygens (including phenoxy) is 1. The number of urea groups is 1. The number of carbonyl (C=O) groups is 2. The maximum Gasteiger partial charge on any atom is 0.318 e. The number of carbonyl (C=O) groups excluding carboxylic acids is 2. The first kappa shape index (κ1) is 24.6. The van der Waals surface area contributed by atoms with Gasteiger partial charge in [0.15, 0.2) is 0 Å². The van der Waals surface area contributed by atoms with E-state index < -0.39 is 6.04 Å². The van der Waals surface area contributed by atoms with Gasteiger partial charge in [0, 0.05) is 17.8 Å². The summed E-state index contributed by atoms with van der Waals surface area (Å²) in [5, 5.41) is 12.1. The quantitative estimate of drug-likeness (QED) is 0.383. The SMILES string of the molecule is CCCCCNC(=O)N1CC(=NOCc2ccc(OC)cc2)C[C@H]1C(=O)NCc1cccs1. The van der Waals surface area contributed by atoms with Crippen molar-refractivity contribution in [1.82, 2.24) is 15.5 Å². The molecule has 1 aliphatic rings. The summed E-state index contributed by atoms with van der Waals surface area (Å²) < 4.78 is 5.16. The number of hydrogen-bond donors (Lipinski definition) is 2. The normalized spacial score (nSPS) is 16.6. The number of rotatable bonds is 11. The van der Waals surface area contributed by atoms with E-state index in [1.54, 1.807) is 23.3 Å². The minimum absolute atomic E-state index is 0.188. The molecule has 1 aromatic carbocycles. The summed E-state index contributed by atoms with van der Waals surface area (Å²) in [5.41, 5.74) is 1.62. The van der Waals surface area contributed by atoms with Gasteiger partial charge in [-0.3, -0.25) is 4.79 Å². The first-order valence-electron chi connectivity index (χ1n) is 11.3. The smallest absolute Gasteiger partial charge is 0.318 e. The number of amides is 3. The van der Waals surface area contributed by atoms with E-state index in [0.29, 0.717) is 31.8 Å². The third kappa shape index (κ3) is 7.49. The predicted molar refractivity (Wildman–Crippen MR) is 129 cm³/mol. The summed E-state index contributed by atoms with van der Waals surface area (Å²) in [6.45, 7) is 3.71. The Bertz CT molecular complexity index is 915. The Labute approximate surface area is 198 Å². The minimum atomic E-state index is -0.612. The van der Waals surface area contributed by atoms with Crippen molar-refractivity contribution in [3.05, 3.63) is 52.2 Å². The van der Waals surface area contributed by atoms with Gasteiger partial charge in [0.2, 0.25) is 5.91 Å². The van der Waals surface area contributed by atoms with E-state index in [9.17, 15) is 9.59 Å². The molecule has 1 atom stereocenters. The van der Waals surface area contributed by atoms with E-state index in [-0.39, 0.29) is 18.5 Å². The van der Waals surface area contributed by atoms with Gasteiger partial charge in [0.1, 0.15) is 18.4 Å². The van der Waals surface area contributed by atoms with Crippen molar-refractivity contribution in [2.45, 2.75) is 51.8 Å². The molecule has 0 saturated carbocycles. The fourth-order valence-corrected chi connectivity index (χ4v) is 4.16. The average Bonchev–Trinajstić information content (AvgIpc) is 3.51. The molecule has 3 rings (SSSR count). The largest absolute Gasteiger partial charge is 0.497 e. The molecule has 0 spiro atoms. The first-order valence-corrected chi connectivity index (χ1v) is 12.1. The number of oxime groups is 1. The van der Waals surface area contributed by atoms with E-state index in [2.05, 4.69) is 22.7 Å². The van der Waals surface area contributed by atoms with E-state index in [1.165, 1.54) is 0 Å². The van der Waals surface area contributed by atoms with Gasteiger partial charge in [0.05, 0.1) is 25.9 Å². The molecule has 33 heavy (non-hydrogen) atoms. The monoisotopic (exact) mass is 472 g/mol. The third-order valence-corrected chi connectivity index (χ3v) is 6.26. The van der Waals surface area contributed by atoms with Crippen LogP contribution in [-0.4, -0.2) is 48.8 Å². The molecular weight excluding hydrogens is 440 g/mol. The van der Waals surface area contributed by atoms with Crippen molar-refractivity contribution >= 4 is 29.0 Å². The second kappa shape index (κ2) is 12.8. The van der Waals surface area contributed by atoms with Crippen molar-refractivity contribution in [2.24, 2.45) is 5.16 Å². The maximum atomic E-state index is 12.9. The minimum Gasteiger partial charge on any atom is -0.497 e. The van der Waals surface area contributed by atoms with Crippen LogP contribution in [0.4, 0.5) is 4.79 Å². The molecule has 3 amide bonds. The second-order valence-corrected chi connectivity index (χ2v) is 8.90. The van der Waals surface area contributed by atoms with Crippen LogP contribution in [0.25, 0.3) is 0 Å². The summed E-state index contributed by atoms with van der Waals surface area (Å²) in [4.78, 5) is 33.8. The highest BCUT2D eigenvalue weighted by Gasteiger charge is 2.38. The van der Waals surface area contributed by atoms with Crippen molar-refractivity contribution in [2.75, 3.05) is 20.2 Å². The number of nitrogens with zero attached hydrogens (tertiary/aromatic N) is 2. The van der Waals surface area contributed by atoms with Gasteiger partial charge < -0.3 is 25.1 Å². The Hall–Kier alpha value is -3.07.